The molecule has 0 saturated heterocycles. The summed E-state index contributed by atoms with van der Waals surface area (Å²) >= 11 is 0. The molecular formula is C11H18N2O. The highest BCUT2D eigenvalue weighted by molar-refractivity contribution is 5.80. The summed E-state index contributed by atoms with van der Waals surface area (Å²) < 4.78 is 0. The van der Waals surface area contributed by atoms with Crippen LogP contribution in [0.5, 0.6) is 0 Å². The molecule has 0 aromatic rings. The Morgan fingerprint density at radius 3 is 2.79 bits per heavy atom. The Bertz CT molecular complexity index is 250. The molecule has 0 spiro atoms. The molecule has 3 nitrogen and oxygen atoms in total. The molecule has 0 radical (unpaired) electrons. The minimum absolute atomic E-state index is 0.0636. The maximum atomic E-state index is 11.8. The van der Waals surface area contributed by atoms with Crippen molar-refractivity contribution in [3.63, 3.8) is 0 Å². The van der Waals surface area contributed by atoms with Gasteiger partial charge in [0.1, 0.15) is 0 Å². The second kappa shape index (κ2) is 3.73. The number of carbonyl (C=O) groups excluding carboxylic acids is 1. The first kappa shape index (κ1) is 9.71. The van der Waals surface area contributed by atoms with Gasteiger partial charge in [-0.1, -0.05) is 6.08 Å². The molecule has 2 rings (SSSR count). The number of hydrogen-bond acceptors (Lipinski definition) is 2. The van der Waals surface area contributed by atoms with E-state index in [0.29, 0.717) is 18.4 Å². The van der Waals surface area contributed by atoms with Gasteiger partial charge >= 0.3 is 0 Å². The molecule has 3 heteroatoms. The fraction of sp³-hybridized carbons (Fsp3) is 0.727. The van der Waals surface area contributed by atoms with Crippen LogP contribution in [0.4, 0.5) is 0 Å². The lowest BCUT2D eigenvalue weighted by atomic mass is 9.84. The highest BCUT2D eigenvalue weighted by atomic mass is 16.1. The van der Waals surface area contributed by atoms with Crippen LogP contribution in [0.1, 0.15) is 19.3 Å². The summed E-state index contributed by atoms with van der Waals surface area (Å²) in [5.74, 6) is 1.33. The summed E-state index contributed by atoms with van der Waals surface area (Å²) in [6, 6.07) is 0.0959. The zero-order valence-electron chi connectivity index (χ0n) is 8.41. The Kier molecular flexibility index (Phi) is 2.59. The van der Waals surface area contributed by atoms with Gasteiger partial charge in [-0.2, -0.15) is 0 Å². The highest BCUT2D eigenvalue weighted by Gasteiger charge is 2.48. The topological polar surface area (TPSA) is 55.1 Å². The van der Waals surface area contributed by atoms with Crippen LogP contribution in [0, 0.1) is 17.8 Å². The van der Waals surface area contributed by atoms with Gasteiger partial charge in [-0.25, -0.2) is 0 Å². The van der Waals surface area contributed by atoms with Crippen molar-refractivity contribution in [1.29, 1.82) is 0 Å². The van der Waals surface area contributed by atoms with Crippen molar-refractivity contribution in [2.24, 2.45) is 23.5 Å². The van der Waals surface area contributed by atoms with Gasteiger partial charge in [-0.05, 0) is 31.1 Å². The Balaban J connectivity index is 1.97. The summed E-state index contributed by atoms with van der Waals surface area (Å²) in [4.78, 5) is 11.8. The molecule has 2 bridgehead atoms. The molecule has 1 amide bonds. The zero-order chi connectivity index (χ0) is 10.1. The number of amides is 1. The van der Waals surface area contributed by atoms with Crippen LogP contribution in [-0.4, -0.2) is 18.5 Å². The van der Waals surface area contributed by atoms with E-state index in [1.54, 1.807) is 6.08 Å². The van der Waals surface area contributed by atoms with Crippen molar-refractivity contribution in [2.75, 3.05) is 6.54 Å². The lowest BCUT2D eigenvalue weighted by Gasteiger charge is -2.26. The molecule has 3 N–H and O–H groups in total. The van der Waals surface area contributed by atoms with Gasteiger partial charge < -0.3 is 11.1 Å². The normalized spacial score (nSPS) is 39.8. The minimum atomic E-state index is 0.0636. The monoisotopic (exact) mass is 194 g/mol. The Labute approximate surface area is 84.7 Å². The predicted octanol–water partition coefficient (Wildman–Crippen LogP) is 0.662. The van der Waals surface area contributed by atoms with Gasteiger partial charge in [-0.15, -0.1) is 6.58 Å². The maximum Gasteiger partial charge on any atom is 0.225 e. The number of fused-ring (bicyclic) bond motifs is 2. The van der Waals surface area contributed by atoms with Gasteiger partial charge in [0.05, 0.1) is 5.92 Å². The first-order chi connectivity index (χ1) is 6.74. The molecule has 2 aliphatic rings. The summed E-state index contributed by atoms with van der Waals surface area (Å²) in [6.45, 7) is 4.14. The van der Waals surface area contributed by atoms with Crippen molar-refractivity contribution in [3.05, 3.63) is 12.7 Å². The number of rotatable bonds is 3. The largest absolute Gasteiger partial charge is 0.352 e. The Hall–Kier alpha value is -0.830. The van der Waals surface area contributed by atoms with Gasteiger partial charge in [0.25, 0.3) is 0 Å². The number of hydrogen-bond donors (Lipinski definition) is 2. The van der Waals surface area contributed by atoms with E-state index in [2.05, 4.69) is 11.9 Å². The summed E-state index contributed by atoms with van der Waals surface area (Å²) in [6.07, 6.45) is 5.27. The average molecular weight is 194 g/mol. The van der Waals surface area contributed by atoms with E-state index in [1.165, 1.54) is 12.8 Å². The van der Waals surface area contributed by atoms with Crippen LogP contribution >= 0.6 is 0 Å². The Morgan fingerprint density at radius 2 is 2.21 bits per heavy atom. The average Bonchev–Trinajstić information content (AvgIpc) is 2.74. The second-order valence-corrected chi connectivity index (χ2v) is 4.47. The first-order valence-electron chi connectivity index (χ1n) is 5.38. The first-order valence-corrected chi connectivity index (χ1v) is 5.38. The third kappa shape index (κ3) is 1.46. The highest BCUT2D eigenvalue weighted by Crippen LogP contribution is 2.47. The van der Waals surface area contributed by atoms with E-state index >= 15 is 0 Å². The quantitative estimate of drug-likeness (QED) is 0.648. The summed E-state index contributed by atoms with van der Waals surface area (Å²) in [7, 11) is 0. The molecule has 4 atom stereocenters. The smallest absolute Gasteiger partial charge is 0.225 e. The van der Waals surface area contributed by atoms with E-state index < -0.39 is 0 Å². The number of nitrogens with one attached hydrogen (secondary N) is 1. The van der Waals surface area contributed by atoms with E-state index in [0.717, 1.165) is 6.42 Å². The second-order valence-electron chi connectivity index (χ2n) is 4.47. The fourth-order valence-corrected chi connectivity index (χ4v) is 3.02. The lowest BCUT2D eigenvalue weighted by molar-refractivity contribution is -0.126. The van der Waals surface area contributed by atoms with Gasteiger partial charge in [0, 0.05) is 12.6 Å². The van der Waals surface area contributed by atoms with Crippen LogP contribution < -0.4 is 11.1 Å². The SMILES string of the molecule is C=CCNC(=O)C1C2CCC(C2)C1N. The zero-order valence-corrected chi connectivity index (χ0v) is 8.41. The molecule has 2 saturated carbocycles. The molecule has 2 aliphatic carbocycles. The van der Waals surface area contributed by atoms with Gasteiger partial charge in [-0.3, -0.25) is 4.79 Å². The molecule has 2 fully saturated rings. The van der Waals surface area contributed by atoms with E-state index in [4.69, 9.17) is 5.73 Å². The lowest BCUT2D eigenvalue weighted by Crippen LogP contribution is -2.45. The van der Waals surface area contributed by atoms with Crippen LogP contribution in [0.25, 0.3) is 0 Å². The van der Waals surface area contributed by atoms with Crippen LogP contribution in [0.15, 0.2) is 12.7 Å². The molecule has 4 unspecified atom stereocenters. The molecular weight excluding hydrogens is 176 g/mol. The summed E-state index contributed by atoms with van der Waals surface area (Å²) in [5, 5.41) is 2.85. The van der Waals surface area contributed by atoms with Crippen LogP contribution in [-0.2, 0) is 4.79 Å². The molecule has 78 valence electrons. The van der Waals surface area contributed by atoms with E-state index in [9.17, 15) is 4.79 Å². The van der Waals surface area contributed by atoms with Crippen molar-refractivity contribution in [3.8, 4) is 0 Å². The van der Waals surface area contributed by atoms with Gasteiger partial charge in [0.2, 0.25) is 5.91 Å². The van der Waals surface area contributed by atoms with Crippen LogP contribution in [0.2, 0.25) is 0 Å². The van der Waals surface area contributed by atoms with Crippen LogP contribution in [0.3, 0.4) is 0 Å². The van der Waals surface area contributed by atoms with Crippen molar-refractivity contribution in [1.82, 2.24) is 5.32 Å². The molecule has 0 heterocycles. The standard InChI is InChI=1S/C11H18N2O/c1-2-5-13-11(14)9-7-3-4-8(6-7)10(9)12/h2,7-10H,1,3-6,12H2,(H,13,14). The van der Waals surface area contributed by atoms with Crippen molar-refractivity contribution < 1.29 is 4.79 Å². The third-order valence-corrected chi connectivity index (χ3v) is 3.70. The van der Waals surface area contributed by atoms with E-state index in [1.807, 2.05) is 0 Å². The molecule has 14 heavy (non-hydrogen) atoms. The number of nitrogens with two attached hydrogens (primary N) is 1. The molecule has 0 aliphatic heterocycles. The minimum Gasteiger partial charge on any atom is -0.352 e. The number of carbonyl (C=O) groups is 1. The van der Waals surface area contributed by atoms with E-state index in [-0.39, 0.29) is 17.9 Å². The molecule has 0 aromatic carbocycles. The maximum absolute atomic E-state index is 11.8. The summed E-state index contributed by atoms with van der Waals surface area (Å²) in [5.41, 5.74) is 6.05. The molecule has 0 aromatic heterocycles. The van der Waals surface area contributed by atoms with Gasteiger partial charge in [0.15, 0.2) is 0 Å². The predicted molar refractivity (Wildman–Crippen MR) is 55.5 cm³/mol. The van der Waals surface area contributed by atoms with Crippen molar-refractivity contribution in [2.45, 2.75) is 25.3 Å². The fourth-order valence-electron chi connectivity index (χ4n) is 3.02. The van der Waals surface area contributed by atoms with Crippen molar-refractivity contribution >= 4 is 5.91 Å². The third-order valence-electron chi connectivity index (χ3n) is 3.70. The Morgan fingerprint density at radius 1 is 1.50 bits per heavy atom.